The number of likely N-dealkylation sites (tertiary alicyclic amines) is 1. The number of allylic oxidation sites excluding steroid dienone is 1. The van der Waals surface area contributed by atoms with Crippen molar-refractivity contribution >= 4 is 11.7 Å². The van der Waals surface area contributed by atoms with Crippen LogP contribution in [0.25, 0.3) is 0 Å². The van der Waals surface area contributed by atoms with Crippen LogP contribution >= 0.6 is 0 Å². The lowest BCUT2D eigenvalue weighted by molar-refractivity contribution is -0.127. The summed E-state index contributed by atoms with van der Waals surface area (Å²) in [5.74, 6) is 0.703. The van der Waals surface area contributed by atoms with Crippen molar-refractivity contribution in [2.45, 2.75) is 39.7 Å². The Hall–Kier alpha value is -2.38. The van der Waals surface area contributed by atoms with Gasteiger partial charge in [-0.05, 0) is 58.1 Å². The number of nitrogens with zero attached hydrogens (tertiary/aromatic N) is 3. The molecule has 1 amide bonds. The second kappa shape index (κ2) is 13.2. The minimum Gasteiger partial charge on any atom is -0.496 e. The van der Waals surface area contributed by atoms with Crippen LogP contribution in [0.3, 0.4) is 0 Å². The molecule has 0 saturated carbocycles. The fourth-order valence-corrected chi connectivity index (χ4v) is 4.02. The van der Waals surface area contributed by atoms with E-state index in [-0.39, 0.29) is 11.7 Å². The molecule has 7 heteroatoms. The average molecular weight is 446 g/mol. The first kappa shape index (κ1) is 25.9. The zero-order chi connectivity index (χ0) is 23.5. The Labute approximate surface area is 192 Å². The van der Waals surface area contributed by atoms with Crippen molar-refractivity contribution in [2.24, 2.45) is 0 Å². The molecule has 0 aromatic heterocycles. The van der Waals surface area contributed by atoms with Gasteiger partial charge in [0.2, 0.25) is 5.91 Å². The maximum atomic E-state index is 12.6. The molecule has 0 N–H and O–H groups in total. The van der Waals surface area contributed by atoms with Gasteiger partial charge in [0.05, 0.1) is 19.3 Å². The van der Waals surface area contributed by atoms with E-state index in [1.54, 1.807) is 18.2 Å². The van der Waals surface area contributed by atoms with Crippen LogP contribution in [0.5, 0.6) is 11.5 Å². The summed E-state index contributed by atoms with van der Waals surface area (Å²) in [7, 11) is 3.69. The van der Waals surface area contributed by atoms with E-state index in [1.807, 2.05) is 11.8 Å². The van der Waals surface area contributed by atoms with E-state index in [2.05, 4.69) is 30.7 Å². The predicted octanol–water partition coefficient (Wildman–Crippen LogP) is 3.10. The van der Waals surface area contributed by atoms with E-state index >= 15 is 0 Å². The maximum Gasteiger partial charge on any atom is 0.246 e. The number of piperidine rings is 1. The Balaban J connectivity index is 1.87. The van der Waals surface area contributed by atoms with Gasteiger partial charge in [0, 0.05) is 44.4 Å². The van der Waals surface area contributed by atoms with Gasteiger partial charge in [0.15, 0.2) is 5.78 Å². The van der Waals surface area contributed by atoms with Crippen LogP contribution in [0.15, 0.2) is 30.4 Å². The molecule has 0 spiro atoms. The number of hydrogen-bond donors (Lipinski definition) is 0. The molecule has 0 bridgehead atoms. The first-order valence-corrected chi connectivity index (χ1v) is 11.7. The van der Waals surface area contributed by atoms with Gasteiger partial charge in [-0.15, -0.1) is 0 Å². The number of carbonyl (C=O) groups excluding carboxylic acids is 2. The Bertz CT molecular complexity index is 768. The molecule has 1 fully saturated rings. The lowest BCUT2D eigenvalue weighted by Gasteiger charge is -2.37. The van der Waals surface area contributed by atoms with Gasteiger partial charge >= 0.3 is 0 Å². The molecule has 32 heavy (non-hydrogen) atoms. The van der Waals surface area contributed by atoms with Crippen molar-refractivity contribution in [3.8, 4) is 11.5 Å². The zero-order valence-electron chi connectivity index (χ0n) is 20.3. The highest BCUT2D eigenvalue weighted by Crippen LogP contribution is 2.25. The third-order valence-corrected chi connectivity index (χ3v) is 6.19. The molecule has 0 aliphatic carbocycles. The number of ketones is 1. The molecular formula is C25H39N3O4. The summed E-state index contributed by atoms with van der Waals surface area (Å²) in [5.41, 5.74) is 0.411. The summed E-state index contributed by atoms with van der Waals surface area (Å²) in [6.07, 6.45) is 4.62. The number of benzene rings is 1. The summed E-state index contributed by atoms with van der Waals surface area (Å²) < 4.78 is 10.8. The summed E-state index contributed by atoms with van der Waals surface area (Å²) in [4.78, 5) is 31.9. The van der Waals surface area contributed by atoms with Gasteiger partial charge in [-0.1, -0.05) is 13.8 Å². The van der Waals surface area contributed by atoms with Crippen molar-refractivity contribution in [3.63, 3.8) is 0 Å². The number of amides is 1. The summed E-state index contributed by atoms with van der Waals surface area (Å²) in [6.45, 7) is 12.5. The van der Waals surface area contributed by atoms with Crippen LogP contribution in [0.4, 0.5) is 0 Å². The zero-order valence-corrected chi connectivity index (χ0v) is 20.3. The molecule has 1 aromatic rings. The monoisotopic (exact) mass is 445 g/mol. The molecule has 0 atom stereocenters. The number of carbonyl (C=O) groups is 2. The minimum atomic E-state index is -0.260. The summed E-state index contributed by atoms with van der Waals surface area (Å²) in [5, 5.41) is 0. The molecule has 0 radical (unpaired) electrons. The first-order valence-electron chi connectivity index (χ1n) is 11.7. The van der Waals surface area contributed by atoms with Crippen LogP contribution in [-0.4, -0.2) is 92.5 Å². The van der Waals surface area contributed by atoms with Gasteiger partial charge in [-0.3, -0.25) is 9.59 Å². The van der Waals surface area contributed by atoms with Gasteiger partial charge in [0.25, 0.3) is 0 Å². The third-order valence-electron chi connectivity index (χ3n) is 6.19. The predicted molar refractivity (Wildman–Crippen MR) is 128 cm³/mol. The standard InChI is InChI=1S/C25H39N3O4/c1-6-27(7-2)18-17-26(4)20-13-15-28(16-14-20)25(30)12-11-23(29)22-10-9-21(32-8-3)19-24(22)31-5/h9-12,19-20H,6-8,13-18H2,1-5H3. The highest BCUT2D eigenvalue weighted by atomic mass is 16.5. The molecule has 1 aromatic carbocycles. The SMILES string of the molecule is CCOc1ccc(C(=O)C=CC(=O)N2CCC(N(C)CCN(CC)CC)CC2)c(OC)c1. The second-order valence-corrected chi connectivity index (χ2v) is 8.06. The van der Waals surface area contributed by atoms with Crippen LogP contribution in [0, 0.1) is 0 Å². The van der Waals surface area contributed by atoms with Crippen molar-refractivity contribution in [3.05, 3.63) is 35.9 Å². The van der Waals surface area contributed by atoms with Gasteiger partial charge < -0.3 is 24.2 Å². The Morgan fingerprint density at radius 2 is 1.78 bits per heavy atom. The highest BCUT2D eigenvalue weighted by Gasteiger charge is 2.24. The second-order valence-electron chi connectivity index (χ2n) is 8.06. The number of ether oxygens (including phenoxy) is 2. The first-order chi connectivity index (χ1) is 15.4. The van der Waals surface area contributed by atoms with E-state index in [4.69, 9.17) is 9.47 Å². The lowest BCUT2D eigenvalue weighted by atomic mass is 10.0. The molecule has 0 unspecified atom stereocenters. The van der Waals surface area contributed by atoms with E-state index in [1.165, 1.54) is 19.3 Å². The normalized spacial score (nSPS) is 15.0. The number of rotatable bonds is 12. The minimum absolute atomic E-state index is 0.118. The molecule has 1 heterocycles. The number of methoxy groups -OCH3 is 1. The van der Waals surface area contributed by atoms with Crippen LogP contribution < -0.4 is 9.47 Å². The molecular weight excluding hydrogens is 406 g/mol. The molecule has 1 saturated heterocycles. The van der Waals surface area contributed by atoms with Crippen molar-refractivity contribution in [1.29, 1.82) is 0 Å². The molecule has 1 aliphatic rings. The van der Waals surface area contributed by atoms with Crippen molar-refractivity contribution in [1.82, 2.24) is 14.7 Å². The maximum absolute atomic E-state index is 12.6. The Kier molecular flexibility index (Phi) is 10.7. The van der Waals surface area contributed by atoms with Gasteiger partial charge in [-0.25, -0.2) is 0 Å². The van der Waals surface area contributed by atoms with E-state index in [0.29, 0.717) is 42.8 Å². The molecule has 178 valence electrons. The van der Waals surface area contributed by atoms with Gasteiger partial charge in [-0.2, -0.15) is 0 Å². The smallest absolute Gasteiger partial charge is 0.246 e. The fraction of sp³-hybridized carbons (Fsp3) is 0.600. The van der Waals surface area contributed by atoms with Crippen molar-refractivity contribution in [2.75, 3.05) is 60.0 Å². The van der Waals surface area contributed by atoms with E-state index in [9.17, 15) is 9.59 Å². The fourth-order valence-electron chi connectivity index (χ4n) is 4.02. The van der Waals surface area contributed by atoms with E-state index < -0.39 is 0 Å². The van der Waals surface area contributed by atoms with Crippen LogP contribution in [0.2, 0.25) is 0 Å². The third kappa shape index (κ3) is 7.35. The Morgan fingerprint density at radius 3 is 2.38 bits per heavy atom. The lowest BCUT2D eigenvalue weighted by Crippen LogP contribution is -2.46. The Morgan fingerprint density at radius 1 is 1.09 bits per heavy atom. The summed E-state index contributed by atoms with van der Waals surface area (Å²) >= 11 is 0. The van der Waals surface area contributed by atoms with Crippen molar-refractivity contribution < 1.29 is 19.1 Å². The number of hydrogen-bond acceptors (Lipinski definition) is 6. The average Bonchev–Trinajstić information content (AvgIpc) is 2.83. The van der Waals surface area contributed by atoms with Gasteiger partial charge in [0.1, 0.15) is 11.5 Å². The molecule has 2 rings (SSSR count). The van der Waals surface area contributed by atoms with Crippen LogP contribution in [0.1, 0.15) is 44.0 Å². The van der Waals surface area contributed by atoms with Crippen LogP contribution in [-0.2, 0) is 4.79 Å². The van der Waals surface area contributed by atoms with E-state index in [0.717, 1.165) is 39.0 Å². The highest BCUT2D eigenvalue weighted by molar-refractivity contribution is 6.09. The summed E-state index contributed by atoms with van der Waals surface area (Å²) in [6, 6.07) is 5.58. The quantitative estimate of drug-likeness (QED) is 0.364. The topological polar surface area (TPSA) is 62.3 Å². The number of likely N-dealkylation sites (N-methyl/N-ethyl adjacent to an activating group) is 2. The largest absolute Gasteiger partial charge is 0.496 e. The molecule has 7 nitrogen and oxygen atoms in total. The molecule has 1 aliphatic heterocycles.